The van der Waals surface area contributed by atoms with Crippen molar-refractivity contribution < 1.29 is 19.1 Å². The highest BCUT2D eigenvalue weighted by Gasteiger charge is 2.35. The molecule has 2 aliphatic rings. The third-order valence-electron chi connectivity index (χ3n) is 6.08. The van der Waals surface area contributed by atoms with Crippen LogP contribution in [-0.2, 0) is 19.4 Å². The maximum atomic E-state index is 13.1. The van der Waals surface area contributed by atoms with Crippen LogP contribution in [0.15, 0.2) is 60.7 Å². The Morgan fingerprint density at radius 1 is 0.938 bits per heavy atom. The van der Waals surface area contributed by atoms with Gasteiger partial charge in [0.05, 0.1) is 30.3 Å². The summed E-state index contributed by atoms with van der Waals surface area (Å²) in [5.41, 5.74) is 5.17. The monoisotopic (exact) mass is 426 g/mol. The quantitative estimate of drug-likeness (QED) is 0.620. The zero-order chi connectivity index (χ0) is 22.2. The van der Waals surface area contributed by atoms with E-state index in [9.17, 15) is 14.4 Å². The molecule has 3 aromatic rings. The van der Waals surface area contributed by atoms with Gasteiger partial charge in [-0.05, 0) is 72.4 Å². The van der Waals surface area contributed by atoms with Gasteiger partial charge >= 0.3 is 0 Å². The highest BCUT2D eigenvalue weighted by Crippen LogP contribution is 2.28. The molecule has 32 heavy (non-hydrogen) atoms. The molecule has 3 aromatic carbocycles. The van der Waals surface area contributed by atoms with Gasteiger partial charge in [-0.25, -0.2) is 0 Å². The van der Waals surface area contributed by atoms with Crippen molar-refractivity contribution in [3.8, 4) is 5.75 Å². The molecular weight excluding hydrogens is 404 g/mol. The van der Waals surface area contributed by atoms with Gasteiger partial charge in [-0.1, -0.05) is 24.3 Å². The number of benzene rings is 3. The predicted molar refractivity (Wildman–Crippen MR) is 120 cm³/mol. The summed E-state index contributed by atoms with van der Waals surface area (Å²) in [5.74, 6) is -0.532. The van der Waals surface area contributed by atoms with E-state index in [2.05, 4.69) is 11.4 Å². The van der Waals surface area contributed by atoms with Crippen LogP contribution in [0.1, 0.15) is 54.2 Å². The fourth-order valence-corrected chi connectivity index (χ4v) is 4.44. The molecule has 1 N–H and O–H groups in total. The Hall–Kier alpha value is -3.93. The second kappa shape index (κ2) is 7.96. The third-order valence-corrected chi connectivity index (χ3v) is 6.08. The smallest absolute Gasteiger partial charge is 0.261 e. The topological polar surface area (TPSA) is 75.7 Å². The summed E-state index contributed by atoms with van der Waals surface area (Å²) in [5, 5.41) is 2.95. The van der Waals surface area contributed by atoms with Crippen molar-refractivity contribution in [2.24, 2.45) is 0 Å². The molecule has 6 heteroatoms. The number of nitrogens with one attached hydrogen (secondary N) is 1. The second-order valence-electron chi connectivity index (χ2n) is 8.07. The number of rotatable bonds is 5. The van der Waals surface area contributed by atoms with Gasteiger partial charge in [0.2, 0.25) is 0 Å². The number of nitrogens with zero attached hydrogens (tertiary/aromatic N) is 1. The van der Waals surface area contributed by atoms with Gasteiger partial charge < -0.3 is 10.1 Å². The molecule has 160 valence electrons. The van der Waals surface area contributed by atoms with E-state index in [1.807, 2.05) is 12.1 Å². The van der Waals surface area contributed by atoms with Gasteiger partial charge in [0.15, 0.2) is 0 Å². The Kier molecular flexibility index (Phi) is 4.98. The lowest BCUT2D eigenvalue weighted by Gasteiger charge is -2.16. The largest absolute Gasteiger partial charge is 0.496 e. The molecule has 0 radical (unpaired) electrons. The summed E-state index contributed by atoms with van der Waals surface area (Å²) in [6.07, 6.45) is 3.25. The van der Waals surface area contributed by atoms with E-state index < -0.39 is 0 Å². The number of carbonyl (C=O) groups excluding carboxylic acids is 3. The third kappa shape index (κ3) is 3.43. The molecule has 1 heterocycles. The zero-order valence-electron chi connectivity index (χ0n) is 17.7. The molecule has 0 unspecified atom stereocenters. The molecule has 0 saturated heterocycles. The SMILES string of the molecule is COc1ccc(CN2C(=O)c3ccccc3C2=O)cc1C(=O)Nc1ccc2c(c1)CCC2. The van der Waals surface area contributed by atoms with E-state index in [-0.39, 0.29) is 24.3 Å². The number of fused-ring (bicyclic) bond motifs is 2. The number of hydrogen-bond donors (Lipinski definition) is 1. The maximum Gasteiger partial charge on any atom is 0.261 e. The fraction of sp³-hybridized carbons (Fsp3) is 0.192. The lowest BCUT2D eigenvalue weighted by atomic mass is 10.1. The average molecular weight is 426 g/mol. The Bertz CT molecular complexity index is 1230. The minimum Gasteiger partial charge on any atom is -0.496 e. The molecule has 0 atom stereocenters. The molecule has 0 bridgehead atoms. The summed E-state index contributed by atoms with van der Waals surface area (Å²) >= 11 is 0. The van der Waals surface area contributed by atoms with Crippen molar-refractivity contribution in [3.05, 3.63) is 94.0 Å². The van der Waals surface area contributed by atoms with Crippen LogP contribution in [0.25, 0.3) is 0 Å². The van der Waals surface area contributed by atoms with E-state index in [1.54, 1.807) is 42.5 Å². The average Bonchev–Trinajstić information content (AvgIpc) is 3.37. The van der Waals surface area contributed by atoms with Crippen LogP contribution in [0.3, 0.4) is 0 Å². The Labute approximate surface area is 185 Å². The first-order valence-electron chi connectivity index (χ1n) is 10.6. The number of methoxy groups -OCH3 is 1. The summed E-state index contributed by atoms with van der Waals surface area (Å²) < 4.78 is 5.39. The van der Waals surface area contributed by atoms with Gasteiger partial charge in [0, 0.05) is 5.69 Å². The minimum atomic E-state index is -0.328. The van der Waals surface area contributed by atoms with Crippen LogP contribution in [0.2, 0.25) is 0 Å². The van der Waals surface area contributed by atoms with Gasteiger partial charge in [0.1, 0.15) is 5.75 Å². The summed E-state index contributed by atoms with van der Waals surface area (Å²) in [6.45, 7) is 0.0788. The van der Waals surface area contributed by atoms with Gasteiger partial charge in [-0.3, -0.25) is 19.3 Å². The van der Waals surface area contributed by atoms with Gasteiger partial charge in [-0.2, -0.15) is 0 Å². The maximum absolute atomic E-state index is 13.1. The molecule has 5 rings (SSSR count). The lowest BCUT2D eigenvalue weighted by Crippen LogP contribution is -2.29. The number of anilines is 1. The van der Waals surface area contributed by atoms with E-state index >= 15 is 0 Å². The zero-order valence-corrected chi connectivity index (χ0v) is 17.7. The summed E-state index contributed by atoms with van der Waals surface area (Å²) in [4.78, 5) is 39.6. The number of imide groups is 1. The van der Waals surface area contributed by atoms with Crippen molar-refractivity contribution in [3.63, 3.8) is 0 Å². The lowest BCUT2D eigenvalue weighted by molar-refractivity contribution is 0.0642. The first-order valence-corrected chi connectivity index (χ1v) is 10.6. The Morgan fingerprint density at radius 2 is 1.66 bits per heavy atom. The molecule has 0 saturated carbocycles. The Balaban J connectivity index is 1.39. The molecule has 0 aromatic heterocycles. The Morgan fingerprint density at radius 3 is 2.38 bits per heavy atom. The highest BCUT2D eigenvalue weighted by molar-refractivity contribution is 6.21. The molecule has 1 aliphatic heterocycles. The van der Waals surface area contributed by atoms with Crippen LogP contribution < -0.4 is 10.1 Å². The van der Waals surface area contributed by atoms with Crippen molar-refractivity contribution in [1.29, 1.82) is 0 Å². The number of amides is 3. The van der Waals surface area contributed by atoms with Crippen LogP contribution in [-0.4, -0.2) is 29.7 Å². The van der Waals surface area contributed by atoms with E-state index in [0.717, 1.165) is 24.9 Å². The standard InChI is InChI=1S/C26H22N2O4/c1-32-23-12-9-16(15-28-25(30)20-7-2-3-8-21(20)26(28)31)13-22(23)24(29)27-19-11-10-17-5-4-6-18(17)14-19/h2-3,7-14H,4-6,15H2,1H3,(H,27,29). The molecular formula is C26H22N2O4. The number of hydrogen-bond acceptors (Lipinski definition) is 4. The number of aryl methyl sites for hydroxylation is 2. The van der Waals surface area contributed by atoms with Crippen molar-refractivity contribution in [1.82, 2.24) is 4.90 Å². The summed E-state index contributed by atoms with van der Waals surface area (Å²) in [6, 6.07) is 17.9. The fourth-order valence-electron chi connectivity index (χ4n) is 4.44. The predicted octanol–water partition coefficient (Wildman–Crippen LogP) is 4.23. The molecule has 0 spiro atoms. The molecule has 6 nitrogen and oxygen atoms in total. The molecule has 0 fully saturated rings. The molecule has 1 aliphatic carbocycles. The first kappa shape index (κ1) is 20.0. The minimum absolute atomic E-state index is 0.0788. The van der Waals surface area contributed by atoms with Crippen LogP contribution in [0, 0.1) is 0 Å². The van der Waals surface area contributed by atoms with Crippen LogP contribution >= 0.6 is 0 Å². The number of ether oxygens (including phenoxy) is 1. The highest BCUT2D eigenvalue weighted by atomic mass is 16.5. The normalized spacial score (nSPS) is 14.3. The van der Waals surface area contributed by atoms with Crippen LogP contribution in [0.4, 0.5) is 5.69 Å². The van der Waals surface area contributed by atoms with Crippen molar-refractivity contribution >= 4 is 23.4 Å². The summed E-state index contributed by atoms with van der Waals surface area (Å²) in [7, 11) is 1.51. The molecule has 3 amide bonds. The van der Waals surface area contributed by atoms with Crippen molar-refractivity contribution in [2.45, 2.75) is 25.8 Å². The first-order chi connectivity index (χ1) is 15.5. The van der Waals surface area contributed by atoms with Gasteiger partial charge in [0.25, 0.3) is 17.7 Å². The van der Waals surface area contributed by atoms with Crippen LogP contribution in [0.5, 0.6) is 5.75 Å². The van der Waals surface area contributed by atoms with E-state index in [0.29, 0.717) is 28.0 Å². The van der Waals surface area contributed by atoms with Gasteiger partial charge in [-0.15, -0.1) is 0 Å². The van der Waals surface area contributed by atoms with Crippen molar-refractivity contribution in [2.75, 3.05) is 12.4 Å². The second-order valence-corrected chi connectivity index (χ2v) is 8.07. The van der Waals surface area contributed by atoms with E-state index in [1.165, 1.54) is 23.1 Å². The number of carbonyl (C=O) groups is 3. The van der Waals surface area contributed by atoms with E-state index in [4.69, 9.17) is 4.74 Å².